The van der Waals surface area contributed by atoms with Crippen molar-refractivity contribution in [3.8, 4) is 11.4 Å². The first-order valence-electron chi connectivity index (χ1n) is 6.36. The number of tetrazole rings is 1. The Morgan fingerprint density at radius 2 is 2.25 bits per heavy atom. The zero-order valence-electron chi connectivity index (χ0n) is 10.8. The molecule has 2 heterocycles. The number of phenolic OH excluding ortho intramolecular Hbond substituents is 1. The summed E-state index contributed by atoms with van der Waals surface area (Å²) < 4.78 is 7.30. The van der Waals surface area contributed by atoms with Gasteiger partial charge in [0.2, 0.25) is 5.16 Å². The monoisotopic (exact) mass is 293 g/mol. The summed E-state index contributed by atoms with van der Waals surface area (Å²) in [6.45, 7) is 2.51. The van der Waals surface area contributed by atoms with Gasteiger partial charge in [0.25, 0.3) is 0 Å². The lowest BCUT2D eigenvalue weighted by molar-refractivity contribution is 0.0440. The van der Waals surface area contributed by atoms with Crippen molar-refractivity contribution in [2.75, 3.05) is 25.4 Å². The van der Waals surface area contributed by atoms with Gasteiger partial charge in [-0.2, -0.15) is 4.68 Å². The number of phenols is 1. The van der Waals surface area contributed by atoms with Crippen LogP contribution < -0.4 is 5.32 Å². The van der Waals surface area contributed by atoms with Crippen LogP contribution in [0.25, 0.3) is 5.69 Å². The van der Waals surface area contributed by atoms with E-state index in [9.17, 15) is 5.11 Å². The molecule has 7 nitrogen and oxygen atoms in total. The topological polar surface area (TPSA) is 85.1 Å². The summed E-state index contributed by atoms with van der Waals surface area (Å²) >= 11 is 1.56. The predicted molar refractivity (Wildman–Crippen MR) is 74.2 cm³/mol. The summed E-state index contributed by atoms with van der Waals surface area (Å²) in [5.74, 6) is 1.02. The van der Waals surface area contributed by atoms with E-state index < -0.39 is 0 Å². The molecule has 1 fully saturated rings. The minimum atomic E-state index is 0.179. The Morgan fingerprint density at radius 3 is 3.00 bits per heavy atom. The number of hydrogen-bond donors (Lipinski definition) is 2. The molecule has 1 aromatic carbocycles. The minimum absolute atomic E-state index is 0.179. The average Bonchev–Trinajstić information content (AvgIpc) is 2.95. The van der Waals surface area contributed by atoms with Crippen LogP contribution in [0.3, 0.4) is 0 Å². The van der Waals surface area contributed by atoms with E-state index in [1.807, 2.05) is 0 Å². The molecule has 3 rings (SSSR count). The number of nitrogens with zero attached hydrogens (tertiary/aromatic N) is 4. The van der Waals surface area contributed by atoms with Crippen LogP contribution in [-0.2, 0) is 4.74 Å². The highest BCUT2D eigenvalue weighted by Gasteiger charge is 2.16. The van der Waals surface area contributed by atoms with Gasteiger partial charge in [0, 0.05) is 18.8 Å². The van der Waals surface area contributed by atoms with Crippen LogP contribution >= 0.6 is 11.8 Å². The molecular weight excluding hydrogens is 278 g/mol. The van der Waals surface area contributed by atoms with Crippen molar-refractivity contribution in [2.45, 2.75) is 11.3 Å². The summed E-state index contributed by atoms with van der Waals surface area (Å²) in [6, 6.07) is 6.77. The molecule has 1 saturated heterocycles. The molecule has 1 unspecified atom stereocenters. The molecule has 2 aromatic rings. The first kappa shape index (κ1) is 13.3. The Bertz CT molecular complexity index is 553. The Balaban J connectivity index is 1.68. The second-order valence-electron chi connectivity index (χ2n) is 4.40. The molecule has 1 aliphatic heterocycles. The van der Waals surface area contributed by atoms with E-state index in [0.29, 0.717) is 5.16 Å². The number of thioether (sulfide) groups is 1. The summed E-state index contributed by atoms with van der Waals surface area (Å²) in [5, 5.41) is 25.0. The van der Waals surface area contributed by atoms with E-state index in [0.717, 1.165) is 31.1 Å². The van der Waals surface area contributed by atoms with Gasteiger partial charge in [-0.05, 0) is 34.7 Å². The van der Waals surface area contributed by atoms with Crippen molar-refractivity contribution in [1.82, 2.24) is 25.5 Å². The molecule has 1 aromatic heterocycles. The first-order chi connectivity index (χ1) is 9.83. The number of aromatic nitrogens is 4. The van der Waals surface area contributed by atoms with Crippen LogP contribution in [0.4, 0.5) is 0 Å². The molecule has 0 spiro atoms. The van der Waals surface area contributed by atoms with E-state index in [2.05, 4.69) is 20.8 Å². The zero-order valence-corrected chi connectivity index (χ0v) is 11.6. The van der Waals surface area contributed by atoms with E-state index >= 15 is 0 Å². The first-order valence-corrected chi connectivity index (χ1v) is 7.34. The lowest BCUT2D eigenvalue weighted by Gasteiger charge is -2.22. The van der Waals surface area contributed by atoms with Gasteiger partial charge >= 0.3 is 0 Å². The van der Waals surface area contributed by atoms with Crippen LogP contribution in [0.15, 0.2) is 29.4 Å². The molecule has 0 bridgehead atoms. The molecule has 1 atom stereocenters. The minimum Gasteiger partial charge on any atom is -0.508 e. The fraction of sp³-hybridized carbons (Fsp3) is 0.417. The second kappa shape index (κ2) is 6.21. The lowest BCUT2D eigenvalue weighted by Crippen LogP contribution is -2.39. The van der Waals surface area contributed by atoms with Crippen LogP contribution in [-0.4, -0.2) is 56.9 Å². The highest BCUT2D eigenvalue weighted by atomic mass is 32.2. The molecule has 1 aliphatic rings. The highest BCUT2D eigenvalue weighted by Crippen LogP contribution is 2.21. The maximum Gasteiger partial charge on any atom is 0.214 e. The number of nitrogens with one attached hydrogen (secondary N) is 1. The third kappa shape index (κ3) is 3.09. The summed E-state index contributed by atoms with van der Waals surface area (Å²) in [5.41, 5.74) is 0.818. The quantitative estimate of drug-likeness (QED) is 0.792. The molecule has 0 saturated carbocycles. The number of aromatic hydroxyl groups is 1. The molecule has 0 aliphatic carbocycles. The third-order valence-corrected chi connectivity index (χ3v) is 3.99. The Kier molecular flexibility index (Phi) is 4.14. The van der Waals surface area contributed by atoms with Crippen molar-refractivity contribution < 1.29 is 9.84 Å². The van der Waals surface area contributed by atoms with Gasteiger partial charge in [0.1, 0.15) is 5.75 Å². The van der Waals surface area contributed by atoms with Crippen LogP contribution in [0, 0.1) is 0 Å². The number of morpholine rings is 1. The van der Waals surface area contributed by atoms with Crippen LogP contribution in [0.1, 0.15) is 0 Å². The average molecular weight is 293 g/mol. The van der Waals surface area contributed by atoms with Gasteiger partial charge in [-0.25, -0.2) is 0 Å². The number of benzene rings is 1. The zero-order chi connectivity index (χ0) is 13.8. The van der Waals surface area contributed by atoms with Gasteiger partial charge < -0.3 is 15.2 Å². The van der Waals surface area contributed by atoms with E-state index in [1.165, 1.54) is 0 Å². The van der Waals surface area contributed by atoms with Crippen molar-refractivity contribution in [1.29, 1.82) is 0 Å². The third-order valence-electron chi connectivity index (χ3n) is 2.94. The van der Waals surface area contributed by atoms with Gasteiger partial charge in [-0.1, -0.05) is 11.8 Å². The van der Waals surface area contributed by atoms with Gasteiger partial charge in [0.05, 0.1) is 18.4 Å². The molecule has 2 N–H and O–H groups in total. The standard InChI is InChI=1S/C12H15N5O2S/c18-10-3-1-9(2-4-10)17-12(14-15-16-17)20-8-11-7-13-5-6-19-11/h1-4,11,13,18H,5-8H2. The van der Waals surface area contributed by atoms with Crippen molar-refractivity contribution >= 4 is 11.8 Å². The Morgan fingerprint density at radius 1 is 1.40 bits per heavy atom. The van der Waals surface area contributed by atoms with Gasteiger partial charge in [-0.3, -0.25) is 0 Å². The number of ether oxygens (including phenoxy) is 1. The van der Waals surface area contributed by atoms with E-state index in [4.69, 9.17) is 4.74 Å². The predicted octanol–water partition coefficient (Wildman–Crippen LogP) is 0.448. The summed E-state index contributed by atoms with van der Waals surface area (Å²) in [7, 11) is 0. The lowest BCUT2D eigenvalue weighted by atomic mass is 10.3. The molecule has 8 heteroatoms. The smallest absolute Gasteiger partial charge is 0.214 e. The fourth-order valence-electron chi connectivity index (χ4n) is 1.92. The maximum atomic E-state index is 9.31. The second-order valence-corrected chi connectivity index (χ2v) is 5.38. The largest absolute Gasteiger partial charge is 0.508 e. The maximum absolute atomic E-state index is 9.31. The number of hydrogen-bond acceptors (Lipinski definition) is 7. The van der Waals surface area contributed by atoms with Crippen LogP contribution in [0.5, 0.6) is 5.75 Å². The molecule has 0 radical (unpaired) electrons. The van der Waals surface area contributed by atoms with Crippen LogP contribution in [0.2, 0.25) is 0 Å². The van der Waals surface area contributed by atoms with Crippen molar-refractivity contribution in [3.63, 3.8) is 0 Å². The van der Waals surface area contributed by atoms with Gasteiger partial charge in [0.15, 0.2) is 0 Å². The van der Waals surface area contributed by atoms with E-state index in [-0.39, 0.29) is 11.9 Å². The Hall–Kier alpha value is -1.64. The fourth-order valence-corrected chi connectivity index (χ4v) is 2.83. The van der Waals surface area contributed by atoms with E-state index in [1.54, 1.807) is 40.7 Å². The Labute approximate surface area is 120 Å². The SMILES string of the molecule is Oc1ccc(-n2nnnc2SCC2CNCCO2)cc1. The van der Waals surface area contributed by atoms with Crippen molar-refractivity contribution in [2.24, 2.45) is 0 Å². The normalized spacial score (nSPS) is 19.1. The molecule has 106 valence electrons. The molecule has 0 amide bonds. The number of rotatable bonds is 4. The van der Waals surface area contributed by atoms with Gasteiger partial charge in [-0.15, -0.1) is 5.10 Å². The summed E-state index contributed by atoms with van der Waals surface area (Å²) in [4.78, 5) is 0. The highest BCUT2D eigenvalue weighted by molar-refractivity contribution is 7.99. The van der Waals surface area contributed by atoms with Crippen molar-refractivity contribution in [3.05, 3.63) is 24.3 Å². The summed E-state index contributed by atoms with van der Waals surface area (Å²) in [6.07, 6.45) is 0.179. The molecule has 20 heavy (non-hydrogen) atoms. The molecular formula is C12H15N5O2S.